The first-order valence-electron chi connectivity index (χ1n) is 9.25. The van der Waals surface area contributed by atoms with E-state index in [0.717, 1.165) is 16.8 Å². The molecule has 5 heteroatoms. The maximum Gasteiger partial charge on any atom is 0.255 e. The molecule has 0 spiro atoms. The van der Waals surface area contributed by atoms with Crippen LogP contribution in [-0.2, 0) is 6.54 Å². The van der Waals surface area contributed by atoms with Gasteiger partial charge in [-0.1, -0.05) is 36.4 Å². The van der Waals surface area contributed by atoms with Gasteiger partial charge in [0.05, 0.1) is 11.3 Å². The van der Waals surface area contributed by atoms with Crippen molar-refractivity contribution in [2.75, 3.05) is 0 Å². The lowest BCUT2D eigenvalue weighted by Crippen LogP contribution is -2.23. The van der Waals surface area contributed by atoms with Crippen LogP contribution < -0.4 is 10.1 Å². The number of para-hydroxylation sites is 2. The summed E-state index contributed by atoms with van der Waals surface area (Å²) >= 11 is 0. The van der Waals surface area contributed by atoms with Crippen molar-refractivity contribution >= 4 is 5.91 Å². The molecule has 0 aliphatic carbocycles. The number of hydrogen-bond donors (Lipinski definition) is 1. The van der Waals surface area contributed by atoms with E-state index in [-0.39, 0.29) is 5.91 Å². The van der Waals surface area contributed by atoms with Gasteiger partial charge in [0.1, 0.15) is 11.5 Å². The van der Waals surface area contributed by atoms with E-state index in [4.69, 9.17) is 4.74 Å². The number of benzene rings is 2. The van der Waals surface area contributed by atoms with E-state index in [9.17, 15) is 4.79 Å². The molecule has 4 rings (SSSR count). The van der Waals surface area contributed by atoms with Crippen LogP contribution in [-0.4, -0.2) is 15.9 Å². The third-order valence-corrected chi connectivity index (χ3v) is 4.34. The van der Waals surface area contributed by atoms with Gasteiger partial charge in [0, 0.05) is 30.7 Å². The molecule has 142 valence electrons. The maximum absolute atomic E-state index is 12.7. The minimum Gasteiger partial charge on any atom is -0.457 e. The van der Waals surface area contributed by atoms with Gasteiger partial charge >= 0.3 is 0 Å². The highest BCUT2D eigenvalue weighted by Crippen LogP contribution is 2.25. The van der Waals surface area contributed by atoms with E-state index < -0.39 is 0 Å². The number of rotatable bonds is 6. The third kappa shape index (κ3) is 4.65. The predicted molar refractivity (Wildman–Crippen MR) is 112 cm³/mol. The molecular weight excluding hydrogens is 362 g/mol. The van der Waals surface area contributed by atoms with Crippen LogP contribution >= 0.6 is 0 Å². The first-order valence-corrected chi connectivity index (χ1v) is 9.25. The monoisotopic (exact) mass is 381 g/mol. The van der Waals surface area contributed by atoms with Gasteiger partial charge in [-0.3, -0.25) is 14.8 Å². The number of carbonyl (C=O) groups is 1. The van der Waals surface area contributed by atoms with Crippen LogP contribution in [0.3, 0.4) is 0 Å². The molecule has 0 unspecified atom stereocenters. The van der Waals surface area contributed by atoms with Crippen molar-refractivity contribution in [3.63, 3.8) is 0 Å². The van der Waals surface area contributed by atoms with Crippen LogP contribution in [0.1, 0.15) is 15.9 Å². The molecule has 0 fully saturated rings. The van der Waals surface area contributed by atoms with Gasteiger partial charge in [0.2, 0.25) is 0 Å². The Labute approximate surface area is 169 Å². The zero-order chi connectivity index (χ0) is 19.9. The van der Waals surface area contributed by atoms with Crippen LogP contribution in [0, 0.1) is 0 Å². The summed E-state index contributed by atoms with van der Waals surface area (Å²) in [5.41, 5.74) is 3.19. The molecule has 4 aromatic rings. The Bertz CT molecular complexity index is 1080. The minimum absolute atomic E-state index is 0.201. The second-order valence-electron chi connectivity index (χ2n) is 6.39. The zero-order valence-corrected chi connectivity index (χ0v) is 15.7. The highest BCUT2D eigenvalue weighted by molar-refractivity contribution is 5.97. The van der Waals surface area contributed by atoms with E-state index in [1.54, 1.807) is 30.7 Å². The van der Waals surface area contributed by atoms with Crippen molar-refractivity contribution in [3.8, 4) is 22.8 Å². The normalized spacial score (nSPS) is 10.3. The van der Waals surface area contributed by atoms with Crippen molar-refractivity contribution in [1.82, 2.24) is 15.3 Å². The molecule has 2 aromatic heterocycles. The third-order valence-electron chi connectivity index (χ3n) is 4.34. The summed E-state index contributed by atoms with van der Waals surface area (Å²) < 4.78 is 5.87. The first kappa shape index (κ1) is 18.4. The van der Waals surface area contributed by atoms with Crippen molar-refractivity contribution in [2.24, 2.45) is 0 Å². The SMILES string of the molecule is O=C(NCc1ccc(-c2cccnc2)nc1)c1ccccc1Oc1ccccc1. The number of nitrogens with one attached hydrogen (secondary N) is 1. The number of aromatic nitrogens is 2. The molecule has 2 heterocycles. The lowest BCUT2D eigenvalue weighted by molar-refractivity contribution is 0.0948. The summed E-state index contributed by atoms with van der Waals surface area (Å²) in [6.07, 6.45) is 5.26. The molecule has 0 saturated heterocycles. The number of nitrogens with zero attached hydrogens (tertiary/aromatic N) is 2. The second kappa shape index (κ2) is 8.80. The molecular formula is C24H19N3O2. The Morgan fingerprint density at radius 2 is 1.69 bits per heavy atom. The molecule has 2 aromatic carbocycles. The number of carbonyl (C=O) groups excluding carboxylic acids is 1. The van der Waals surface area contributed by atoms with Crippen LogP contribution in [0.15, 0.2) is 97.5 Å². The van der Waals surface area contributed by atoms with E-state index in [2.05, 4.69) is 15.3 Å². The highest BCUT2D eigenvalue weighted by atomic mass is 16.5. The average Bonchev–Trinajstić information content (AvgIpc) is 2.79. The predicted octanol–water partition coefficient (Wildman–Crippen LogP) is 4.87. The van der Waals surface area contributed by atoms with Crippen LogP contribution in [0.4, 0.5) is 0 Å². The van der Waals surface area contributed by atoms with Crippen LogP contribution in [0.25, 0.3) is 11.3 Å². The lowest BCUT2D eigenvalue weighted by atomic mass is 10.1. The maximum atomic E-state index is 12.7. The fourth-order valence-electron chi connectivity index (χ4n) is 2.85. The topological polar surface area (TPSA) is 64.1 Å². The van der Waals surface area contributed by atoms with Crippen molar-refractivity contribution < 1.29 is 9.53 Å². The summed E-state index contributed by atoms with van der Waals surface area (Å²) in [4.78, 5) is 21.3. The summed E-state index contributed by atoms with van der Waals surface area (Å²) in [6.45, 7) is 0.374. The fraction of sp³-hybridized carbons (Fsp3) is 0.0417. The summed E-state index contributed by atoms with van der Waals surface area (Å²) in [6, 6.07) is 24.3. The Morgan fingerprint density at radius 3 is 2.45 bits per heavy atom. The van der Waals surface area contributed by atoms with E-state index in [0.29, 0.717) is 23.6 Å². The highest BCUT2D eigenvalue weighted by Gasteiger charge is 2.12. The molecule has 0 bridgehead atoms. The molecule has 0 aliphatic rings. The smallest absolute Gasteiger partial charge is 0.255 e. The number of amides is 1. The zero-order valence-electron chi connectivity index (χ0n) is 15.7. The van der Waals surface area contributed by atoms with E-state index in [1.807, 2.05) is 66.7 Å². The van der Waals surface area contributed by atoms with Gasteiger partial charge in [-0.05, 0) is 48.0 Å². The second-order valence-corrected chi connectivity index (χ2v) is 6.39. The van der Waals surface area contributed by atoms with Crippen molar-refractivity contribution in [2.45, 2.75) is 6.54 Å². The standard InChI is InChI=1S/C24H19N3O2/c28-24(21-10-4-5-11-23(21)29-20-8-2-1-3-9-20)27-16-18-12-13-22(26-15-18)19-7-6-14-25-17-19/h1-15,17H,16H2,(H,27,28). The van der Waals surface area contributed by atoms with Gasteiger partial charge in [-0.2, -0.15) is 0 Å². The molecule has 29 heavy (non-hydrogen) atoms. The van der Waals surface area contributed by atoms with E-state index >= 15 is 0 Å². The van der Waals surface area contributed by atoms with Crippen molar-refractivity contribution in [1.29, 1.82) is 0 Å². The van der Waals surface area contributed by atoms with Gasteiger partial charge in [-0.25, -0.2) is 0 Å². The fourth-order valence-corrected chi connectivity index (χ4v) is 2.85. The molecule has 0 aliphatic heterocycles. The Balaban J connectivity index is 1.42. The summed E-state index contributed by atoms with van der Waals surface area (Å²) in [5.74, 6) is 0.997. The minimum atomic E-state index is -0.201. The van der Waals surface area contributed by atoms with Gasteiger partial charge < -0.3 is 10.1 Å². The first-order chi connectivity index (χ1) is 14.3. The summed E-state index contributed by atoms with van der Waals surface area (Å²) in [7, 11) is 0. The van der Waals surface area contributed by atoms with E-state index in [1.165, 1.54) is 0 Å². The molecule has 0 atom stereocenters. The largest absolute Gasteiger partial charge is 0.457 e. The molecule has 0 saturated carbocycles. The van der Waals surface area contributed by atoms with Gasteiger partial charge in [0.25, 0.3) is 5.91 Å². The molecule has 5 nitrogen and oxygen atoms in total. The van der Waals surface area contributed by atoms with Crippen LogP contribution in [0.2, 0.25) is 0 Å². The molecule has 1 N–H and O–H groups in total. The van der Waals surface area contributed by atoms with Gasteiger partial charge in [0.15, 0.2) is 0 Å². The Morgan fingerprint density at radius 1 is 0.862 bits per heavy atom. The Kier molecular flexibility index (Phi) is 5.58. The van der Waals surface area contributed by atoms with Crippen molar-refractivity contribution in [3.05, 3.63) is 109 Å². The molecule has 1 amide bonds. The van der Waals surface area contributed by atoms with Gasteiger partial charge in [-0.15, -0.1) is 0 Å². The quantitative estimate of drug-likeness (QED) is 0.518. The number of ether oxygens (including phenoxy) is 1. The van der Waals surface area contributed by atoms with Crippen LogP contribution in [0.5, 0.6) is 11.5 Å². The molecule has 0 radical (unpaired) electrons. The number of hydrogen-bond acceptors (Lipinski definition) is 4. The average molecular weight is 381 g/mol. The Hall–Kier alpha value is -3.99. The lowest BCUT2D eigenvalue weighted by Gasteiger charge is -2.11. The number of pyridine rings is 2. The summed E-state index contributed by atoms with van der Waals surface area (Å²) in [5, 5.41) is 2.93.